The van der Waals surface area contributed by atoms with E-state index in [1.165, 1.54) is 111 Å². The summed E-state index contributed by atoms with van der Waals surface area (Å²) in [6.07, 6.45) is 22.3. The van der Waals surface area contributed by atoms with Crippen molar-refractivity contribution in [1.82, 2.24) is 15.5 Å². The smallest absolute Gasteiger partial charge is 0.318 e. The van der Waals surface area contributed by atoms with Gasteiger partial charge in [0.1, 0.15) is 0 Å². The maximum atomic E-state index is 14.4. The number of thioether (sulfide) groups is 1. The second-order valence-electron chi connectivity index (χ2n) is 36.9. The van der Waals surface area contributed by atoms with Gasteiger partial charge < -0.3 is 27.7 Å². The van der Waals surface area contributed by atoms with E-state index in [2.05, 4.69) is 194 Å². The molecule has 25 heteroatoms. The SMILES string of the molecule is CI.CSC1=NC2(CC1)CCc1ccccc12.Cl.NCC1(N)CCc2ccccc21.NCC1(NP(=O)(c2ccccc2)c2ccccc2)CCc2ccccc21.O/N=C1\CCc2ccccc21.O=C1CCc2ccccc21.O=P(N=C1CCc2ccccc21)(c1ccccc1)c1ccccc1.S=C1CCC2(CCc3ccccc32)N1.S=C=S.[B].[C-]#[N+]C1(NP(=O)(c2ccccc2)c2ccccc2)CCc2ccccc21. The Bertz CT molecular complexity index is 6990. The van der Waals surface area contributed by atoms with Crippen LogP contribution in [0.2, 0.25) is 0 Å². The van der Waals surface area contributed by atoms with Crippen molar-refractivity contribution in [3.05, 3.63) is 477 Å². The summed E-state index contributed by atoms with van der Waals surface area (Å²) in [6.45, 7) is 8.88. The normalized spacial score (nSPS) is 20.0. The van der Waals surface area contributed by atoms with Crippen molar-refractivity contribution >= 4 is 177 Å². The summed E-state index contributed by atoms with van der Waals surface area (Å²) >= 11 is 17.1. The Hall–Kier alpha value is -10.9. The van der Waals surface area contributed by atoms with Crippen LogP contribution in [0.4, 0.5) is 0 Å². The predicted octanol–water partition coefficient (Wildman–Crippen LogP) is 24.3. The van der Waals surface area contributed by atoms with Crippen LogP contribution in [-0.2, 0) is 92.9 Å². The lowest BCUT2D eigenvalue weighted by molar-refractivity contribution is 0.0994. The summed E-state index contributed by atoms with van der Waals surface area (Å²) in [5, 5.41) is 28.3. The number of hydrogen-bond acceptors (Lipinski definition) is 14. The zero-order valence-corrected chi connectivity index (χ0v) is 90.7. The molecule has 1 saturated heterocycles. The molecule has 10 aliphatic rings. The van der Waals surface area contributed by atoms with Crippen molar-refractivity contribution in [3.8, 4) is 0 Å². The molecule has 2 spiro atoms. The lowest BCUT2D eigenvalue weighted by Gasteiger charge is -2.35. The fourth-order valence-electron chi connectivity index (χ4n) is 21.3. The molecule has 739 valence electrons. The minimum atomic E-state index is -3.17. The molecule has 24 rings (SSSR count). The number of ketones is 1. The van der Waals surface area contributed by atoms with Gasteiger partial charge in [0.2, 0.25) is 21.9 Å². The maximum Gasteiger partial charge on any atom is 0.318 e. The van der Waals surface area contributed by atoms with Gasteiger partial charge in [-0.25, -0.2) is 16.4 Å². The first-order valence-corrected chi connectivity index (χ1v) is 58.5. The average Bonchev–Trinajstić information content (AvgIpc) is 1.65. The fourth-order valence-corrected chi connectivity index (χ4v) is 29.6. The number of nitrogens with one attached hydrogen (secondary N) is 3. The number of thiocarbonyl (C=S) groups is 3. The average molecular weight is 2180 g/mol. The van der Waals surface area contributed by atoms with E-state index in [4.69, 9.17) is 51.0 Å². The number of aryl methyl sites for hydroxylation is 8. The largest absolute Gasteiger partial charge is 0.411 e. The van der Waals surface area contributed by atoms with Gasteiger partial charge in [0.15, 0.2) is 5.78 Å². The van der Waals surface area contributed by atoms with Crippen LogP contribution in [0.15, 0.2) is 391 Å². The van der Waals surface area contributed by atoms with Crippen molar-refractivity contribution in [3.63, 3.8) is 0 Å². The van der Waals surface area contributed by atoms with Crippen LogP contribution >= 0.6 is 105 Å². The Balaban J connectivity index is 0.000000141. The summed E-state index contributed by atoms with van der Waals surface area (Å²) in [7, 11) is -9.26. The van der Waals surface area contributed by atoms with Crippen LogP contribution in [0.5, 0.6) is 0 Å². The van der Waals surface area contributed by atoms with Gasteiger partial charge in [0.25, 0.3) is 0 Å². The van der Waals surface area contributed by atoms with Crippen molar-refractivity contribution in [2.75, 3.05) is 24.3 Å². The third kappa shape index (κ3) is 25.4. The Morgan fingerprint density at radius 3 is 1.21 bits per heavy atom. The van der Waals surface area contributed by atoms with Crippen LogP contribution < -0.4 is 64.5 Å². The summed E-state index contributed by atoms with van der Waals surface area (Å²) in [4.78, 5) is 23.0. The molecule has 15 nitrogen and oxygen atoms in total. The molecule has 5 unspecified atom stereocenters. The van der Waals surface area contributed by atoms with E-state index < -0.39 is 33.1 Å². The number of nitrogens with two attached hydrogens (primary N) is 3. The minimum Gasteiger partial charge on any atom is -0.411 e. The number of benzene rings is 14. The van der Waals surface area contributed by atoms with Gasteiger partial charge in [-0.05, 0) is 296 Å². The van der Waals surface area contributed by atoms with E-state index in [-0.39, 0.29) is 37.4 Å². The van der Waals surface area contributed by atoms with Gasteiger partial charge in [-0.1, -0.05) is 337 Å². The number of hydrogen-bond donors (Lipinski definition) is 7. The van der Waals surface area contributed by atoms with Crippen LogP contribution in [0, 0.1) is 6.57 Å². The van der Waals surface area contributed by atoms with Gasteiger partial charge in [-0.15, -0.1) is 24.2 Å². The molecule has 0 amide bonds. The Morgan fingerprint density at radius 1 is 0.414 bits per heavy atom. The standard InChI is InChI=1S/C22H19N2OP.C22H23N2OP.C21H18NOP.C13H15NS.C12H13NS.C10H14N2.C9H9NO.C9H8O.CH3I.CS2.B.ClH/c1-23-22(17-16-18-10-8-9-15-21(18)22)24-26(25,19-11-4-2-5-12-19)20-13-6-3-7-14-20;23-17-22(16-15-18-9-7-8-14-21(18)22)24-26(25,19-10-3-1-4-11-19)20-12-5-2-6-13-20;23-24(18-10-3-1-4-11-18,19-12-5-2-6-13-19)22-21-16-15-17-9-7-8-14-20(17)21;1-15-12-7-9-13(14-12)8-6-10-4-2-3-5-11(10)13;14-11-6-8-12(13-11)7-5-9-3-1-2-4-10(9)12;11-7-10(12)6-5-8-3-1-2-4-9(8)10;11-10-9-6-5-7-3-1-2-4-8(7)9;10-9-6-5-7-3-1-2-4-8(7)9;1-2;2-1-3;;/h2-15H,16-17H2,(H,24,25);1-14H,15-17,23H2,(H,24,25);1-14H,15-16H2;2-5H,6-9H2,1H3;1-4H,5-8H2,(H,13,14);1-4H,5-7,11-12H2;1-4,11H,5-6H2;1-4H,5-6H2;1H3;;;1H/b;;;;;;10-9+;;;;;. The zero-order valence-electron chi connectivity index (χ0n) is 81.8. The molecule has 0 bridgehead atoms. The highest BCUT2D eigenvalue weighted by atomic mass is 127. The van der Waals surface area contributed by atoms with Gasteiger partial charge in [0, 0.05) is 81.6 Å². The van der Waals surface area contributed by atoms with Crippen LogP contribution in [0.1, 0.15) is 171 Å². The summed E-state index contributed by atoms with van der Waals surface area (Å²) in [5.74, 6) is 0.301. The van der Waals surface area contributed by atoms with Gasteiger partial charge >= 0.3 is 5.66 Å². The number of rotatable bonds is 13. The maximum absolute atomic E-state index is 14.4. The third-order valence-electron chi connectivity index (χ3n) is 28.7. The predicted molar refractivity (Wildman–Crippen MR) is 628 cm³/mol. The summed E-state index contributed by atoms with van der Waals surface area (Å²) in [6, 6.07) is 124. The number of nitrogens with zero attached hydrogens (tertiary/aromatic N) is 4. The Labute approximate surface area is 897 Å². The highest BCUT2D eigenvalue weighted by Crippen LogP contribution is 2.53. The van der Waals surface area contributed by atoms with Gasteiger partial charge in [-0.3, -0.25) is 28.3 Å². The molecular weight excluding hydrogens is 2060 g/mol. The van der Waals surface area contributed by atoms with E-state index in [0.717, 1.165) is 147 Å². The van der Waals surface area contributed by atoms with E-state index >= 15 is 0 Å². The van der Waals surface area contributed by atoms with Gasteiger partial charge in [0.05, 0.1) is 55.6 Å². The molecule has 2 heterocycles. The number of oxime groups is 1. The van der Waals surface area contributed by atoms with E-state index in [1.54, 1.807) is 0 Å². The minimum absolute atomic E-state index is 0. The first kappa shape index (κ1) is 111. The lowest BCUT2D eigenvalue weighted by Crippen LogP contribution is -2.48. The molecule has 0 aromatic heterocycles. The summed E-state index contributed by atoms with van der Waals surface area (Å²) < 4.78 is 49.4. The summed E-state index contributed by atoms with van der Waals surface area (Å²) in [5.41, 5.74) is 38.7. The van der Waals surface area contributed by atoms with Crippen molar-refractivity contribution in [2.24, 2.45) is 32.1 Å². The highest BCUT2D eigenvalue weighted by Gasteiger charge is 2.51. The fraction of sp³-hybridized carbons (Fsp3) is 0.242. The molecule has 2 aliphatic heterocycles. The molecule has 3 radical (unpaired) electrons. The number of carbonyl (C=O) groups excluding carboxylic acids is 1. The van der Waals surface area contributed by atoms with Crippen LogP contribution in [0.3, 0.4) is 0 Å². The monoisotopic (exact) mass is 2180 g/mol. The van der Waals surface area contributed by atoms with Crippen molar-refractivity contribution < 1.29 is 23.7 Å². The molecule has 14 aromatic carbocycles. The topological polar surface area (TPSA) is 244 Å². The van der Waals surface area contributed by atoms with E-state index in [9.17, 15) is 18.5 Å². The molecular formula is C120H123BClIN10O5P3S4. The van der Waals surface area contributed by atoms with Crippen molar-refractivity contribution in [1.29, 1.82) is 0 Å². The highest BCUT2D eigenvalue weighted by molar-refractivity contribution is 14.1. The van der Waals surface area contributed by atoms with E-state index in [1.807, 2.05) is 282 Å². The number of Topliss-reactive ketones (excluding diaryl/α,β-unsaturated/α-hetero) is 1. The number of halogens is 2. The van der Waals surface area contributed by atoms with Crippen LogP contribution in [-0.4, -0.2) is 69.4 Å². The second kappa shape index (κ2) is 52.1. The molecule has 14 aromatic rings. The van der Waals surface area contributed by atoms with Crippen molar-refractivity contribution in [2.45, 2.75) is 156 Å². The number of carbonyl (C=O) groups is 1. The Morgan fingerprint density at radius 2 is 0.759 bits per heavy atom. The molecule has 1 fully saturated rings. The molecule has 0 saturated carbocycles. The molecule has 145 heavy (non-hydrogen) atoms. The molecule has 5 atom stereocenters. The van der Waals surface area contributed by atoms with E-state index in [0.29, 0.717) is 31.7 Å². The van der Waals surface area contributed by atoms with Crippen LogP contribution in [0.25, 0.3) is 4.85 Å². The quantitative estimate of drug-likeness (QED) is 0.00829. The van der Waals surface area contributed by atoms with Gasteiger partial charge in [-0.2, -0.15) is 5.09 Å². The third-order valence-corrected chi connectivity index (χ3v) is 37.8. The first-order valence-electron chi connectivity index (χ1n) is 48.9. The molecule has 10 N–H and O–H groups in total. The second-order valence-corrected chi connectivity index (χ2v) is 46.3. The Kier molecular flexibility index (Phi) is 40.0. The number of alkyl halides is 1. The lowest BCUT2D eigenvalue weighted by atomic mass is 9.90. The number of fused-ring (bicyclic) bond motifs is 10. The number of aliphatic imine (C=N–C) groups is 1. The first-order chi connectivity index (χ1) is 69.7. The molecule has 8 aliphatic carbocycles. The zero-order chi connectivity index (χ0) is 100.